The van der Waals surface area contributed by atoms with Crippen LogP contribution >= 0.6 is 0 Å². The molecule has 3 rings (SSSR count). The molecule has 0 spiro atoms. The van der Waals surface area contributed by atoms with Crippen LogP contribution in [0.2, 0.25) is 0 Å². The standard InChI is InChI=1S/C22H22N2O/c1-15-8-12-19(13-9-15)23-20-6-4-5-7-21(20)24-22(25)18-11-10-16(2)17(3)14-18/h4-14,23H,1-3H3,(H,24,25). The van der Waals surface area contributed by atoms with E-state index in [4.69, 9.17) is 0 Å². The predicted octanol–water partition coefficient (Wildman–Crippen LogP) is 5.61. The van der Waals surface area contributed by atoms with Gasteiger partial charge in [-0.3, -0.25) is 4.79 Å². The van der Waals surface area contributed by atoms with Gasteiger partial charge in [-0.2, -0.15) is 0 Å². The van der Waals surface area contributed by atoms with E-state index in [0.29, 0.717) is 5.56 Å². The summed E-state index contributed by atoms with van der Waals surface area (Å²) in [6.07, 6.45) is 0. The van der Waals surface area contributed by atoms with Gasteiger partial charge in [0, 0.05) is 11.3 Å². The number of amides is 1. The van der Waals surface area contributed by atoms with Crippen LogP contribution in [0.25, 0.3) is 0 Å². The molecule has 1 amide bonds. The highest BCUT2D eigenvalue weighted by Crippen LogP contribution is 2.26. The first-order chi connectivity index (χ1) is 12.0. The first kappa shape index (κ1) is 16.8. The lowest BCUT2D eigenvalue weighted by Crippen LogP contribution is -2.13. The molecule has 0 fully saturated rings. The molecule has 0 unspecified atom stereocenters. The van der Waals surface area contributed by atoms with E-state index in [1.807, 2.05) is 68.4 Å². The van der Waals surface area contributed by atoms with Crippen LogP contribution in [0.15, 0.2) is 66.7 Å². The number of rotatable bonds is 4. The van der Waals surface area contributed by atoms with Gasteiger partial charge in [0.15, 0.2) is 0 Å². The number of para-hydroxylation sites is 2. The minimum atomic E-state index is -0.110. The molecule has 0 aliphatic rings. The largest absolute Gasteiger partial charge is 0.354 e. The highest BCUT2D eigenvalue weighted by molar-refractivity contribution is 6.06. The van der Waals surface area contributed by atoms with Gasteiger partial charge in [0.25, 0.3) is 5.91 Å². The molecule has 0 aliphatic carbocycles. The molecule has 0 saturated heterocycles. The van der Waals surface area contributed by atoms with Gasteiger partial charge < -0.3 is 10.6 Å². The number of aryl methyl sites for hydroxylation is 3. The summed E-state index contributed by atoms with van der Waals surface area (Å²) in [6, 6.07) is 21.6. The molecule has 3 aromatic carbocycles. The second kappa shape index (κ2) is 7.22. The number of anilines is 3. The van der Waals surface area contributed by atoms with E-state index >= 15 is 0 Å². The van der Waals surface area contributed by atoms with E-state index in [0.717, 1.165) is 22.6 Å². The molecule has 126 valence electrons. The summed E-state index contributed by atoms with van der Waals surface area (Å²) in [7, 11) is 0. The van der Waals surface area contributed by atoms with Crippen molar-refractivity contribution >= 4 is 23.0 Å². The fraction of sp³-hybridized carbons (Fsp3) is 0.136. The molecule has 0 atom stereocenters. The fourth-order valence-corrected chi connectivity index (χ4v) is 2.57. The molecule has 25 heavy (non-hydrogen) atoms. The normalized spacial score (nSPS) is 10.4. The molecule has 0 bridgehead atoms. The van der Waals surface area contributed by atoms with Gasteiger partial charge in [-0.15, -0.1) is 0 Å². The molecule has 0 radical (unpaired) electrons. The van der Waals surface area contributed by atoms with Crippen LogP contribution < -0.4 is 10.6 Å². The van der Waals surface area contributed by atoms with Crippen LogP contribution in [0.5, 0.6) is 0 Å². The SMILES string of the molecule is Cc1ccc(Nc2ccccc2NC(=O)c2ccc(C)c(C)c2)cc1. The number of hydrogen-bond donors (Lipinski definition) is 2. The van der Waals surface area contributed by atoms with Crippen molar-refractivity contribution in [3.05, 3.63) is 89.0 Å². The maximum absolute atomic E-state index is 12.6. The van der Waals surface area contributed by atoms with Crippen molar-refractivity contribution in [1.29, 1.82) is 0 Å². The van der Waals surface area contributed by atoms with Crippen LogP contribution in [0.3, 0.4) is 0 Å². The van der Waals surface area contributed by atoms with Crippen molar-refractivity contribution in [3.8, 4) is 0 Å². The van der Waals surface area contributed by atoms with Crippen LogP contribution in [0, 0.1) is 20.8 Å². The second-order valence-electron chi connectivity index (χ2n) is 6.29. The molecule has 0 saturated carbocycles. The Morgan fingerprint density at radius 1 is 0.760 bits per heavy atom. The highest BCUT2D eigenvalue weighted by Gasteiger charge is 2.10. The van der Waals surface area contributed by atoms with Gasteiger partial charge in [-0.1, -0.05) is 35.9 Å². The number of carbonyl (C=O) groups excluding carboxylic acids is 1. The predicted molar refractivity (Wildman–Crippen MR) is 105 cm³/mol. The monoisotopic (exact) mass is 330 g/mol. The zero-order valence-electron chi connectivity index (χ0n) is 14.8. The molecule has 3 nitrogen and oxygen atoms in total. The Morgan fingerprint density at radius 3 is 2.12 bits per heavy atom. The quantitative estimate of drug-likeness (QED) is 0.653. The first-order valence-electron chi connectivity index (χ1n) is 8.34. The van der Waals surface area contributed by atoms with Crippen LogP contribution in [-0.4, -0.2) is 5.91 Å². The van der Waals surface area contributed by atoms with E-state index in [1.54, 1.807) is 0 Å². The fourth-order valence-electron chi connectivity index (χ4n) is 2.57. The lowest BCUT2D eigenvalue weighted by atomic mass is 10.1. The third-order valence-corrected chi connectivity index (χ3v) is 4.27. The van der Waals surface area contributed by atoms with Crippen molar-refractivity contribution in [2.75, 3.05) is 10.6 Å². The van der Waals surface area contributed by atoms with Gasteiger partial charge >= 0.3 is 0 Å². The lowest BCUT2D eigenvalue weighted by Gasteiger charge is -2.14. The Balaban J connectivity index is 1.81. The van der Waals surface area contributed by atoms with E-state index in [9.17, 15) is 4.79 Å². The summed E-state index contributed by atoms with van der Waals surface area (Å²) in [5, 5.41) is 6.37. The smallest absolute Gasteiger partial charge is 0.255 e. The van der Waals surface area contributed by atoms with Crippen molar-refractivity contribution in [1.82, 2.24) is 0 Å². The van der Waals surface area contributed by atoms with Crippen molar-refractivity contribution in [2.24, 2.45) is 0 Å². The molecule has 0 aliphatic heterocycles. The molecule has 3 heteroatoms. The minimum absolute atomic E-state index is 0.110. The Labute approximate surface area is 148 Å². The van der Waals surface area contributed by atoms with Crippen LogP contribution in [-0.2, 0) is 0 Å². The maximum Gasteiger partial charge on any atom is 0.255 e. The topological polar surface area (TPSA) is 41.1 Å². The van der Waals surface area contributed by atoms with Crippen molar-refractivity contribution in [3.63, 3.8) is 0 Å². The van der Waals surface area contributed by atoms with E-state index in [1.165, 1.54) is 11.1 Å². The third kappa shape index (κ3) is 4.07. The molecular weight excluding hydrogens is 308 g/mol. The third-order valence-electron chi connectivity index (χ3n) is 4.27. The molecule has 3 aromatic rings. The number of carbonyl (C=O) groups is 1. The van der Waals surface area contributed by atoms with Gasteiger partial charge in [0.05, 0.1) is 11.4 Å². The second-order valence-corrected chi connectivity index (χ2v) is 6.29. The first-order valence-corrected chi connectivity index (χ1v) is 8.34. The Morgan fingerprint density at radius 2 is 1.44 bits per heavy atom. The molecule has 0 heterocycles. The summed E-state index contributed by atoms with van der Waals surface area (Å²) < 4.78 is 0. The van der Waals surface area contributed by atoms with Crippen molar-refractivity contribution < 1.29 is 4.79 Å². The van der Waals surface area contributed by atoms with Crippen molar-refractivity contribution in [2.45, 2.75) is 20.8 Å². The molecule has 0 aromatic heterocycles. The Bertz CT molecular complexity index is 898. The summed E-state index contributed by atoms with van der Waals surface area (Å²) in [6.45, 7) is 6.11. The zero-order valence-corrected chi connectivity index (χ0v) is 14.8. The van der Waals surface area contributed by atoms with Gasteiger partial charge in [-0.05, 0) is 68.3 Å². The summed E-state index contributed by atoms with van der Waals surface area (Å²) in [4.78, 5) is 12.6. The maximum atomic E-state index is 12.6. The lowest BCUT2D eigenvalue weighted by molar-refractivity contribution is 0.102. The van der Waals surface area contributed by atoms with Gasteiger partial charge in [-0.25, -0.2) is 0 Å². The average Bonchev–Trinajstić information content (AvgIpc) is 2.61. The number of benzene rings is 3. The van der Waals surface area contributed by atoms with E-state index in [-0.39, 0.29) is 5.91 Å². The summed E-state index contributed by atoms with van der Waals surface area (Å²) in [5.41, 5.74) is 6.76. The molecule has 2 N–H and O–H groups in total. The highest BCUT2D eigenvalue weighted by atomic mass is 16.1. The summed E-state index contributed by atoms with van der Waals surface area (Å²) >= 11 is 0. The minimum Gasteiger partial charge on any atom is -0.354 e. The Hall–Kier alpha value is -3.07. The Kier molecular flexibility index (Phi) is 4.85. The summed E-state index contributed by atoms with van der Waals surface area (Å²) in [5.74, 6) is -0.110. The van der Waals surface area contributed by atoms with E-state index < -0.39 is 0 Å². The molecular formula is C22H22N2O. The number of hydrogen-bond acceptors (Lipinski definition) is 2. The van der Waals surface area contributed by atoms with Crippen LogP contribution in [0.1, 0.15) is 27.0 Å². The van der Waals surface area contributed by atoms with Gasteiger partial charge in [0.1, 0.15) is 0 Å². The zero-order chi connectivity index (χ0) is 17.8. The van der Waals surface area contributed by atoms with Gasteiger partial charge in [0.2, 0.25) is 0 Å². The van der Waals surface area contributed by atoms with E-state index in [2.05, 4.69) is 29.7 Å². The average molecular weight is 330 g/mol. The van der Waals surface area contributed by atoms with Crippen LogP contribution in [0.4, 0.5) is 17.1 Å². The number of nitrogens with one attached hydrogen (secondary N) is 2.